The summed E-state index contributed by atoms with van der Waals surface area (Å²) in [5.74, 6) is -0.0623. The molecule has 6 nitrogen and oxygen atoms in total. The highest BCUT2D eigenvalue weighted by Gasteiger charge is 2.31. The fourth-order valence-corrected chi connectivity index (χ4v) is 5.63. The van der Waals surface area contributed by atoms with Gasteiger partial charge in [0, 0.05) is 37.1 Å². The first-order valence-corrected chi connectivity index (χ1v) is 13.2. The Morgan fingerprint density at radius 1 is 1.17 bits per heavy atom. The average Bonchev–Trinajstić information content (AvgIpc) is 3.35. The Balaban J connectivity index is 1.32. The summed E-state index contributed by atoms with van der Waals surface area (Å²) in [5.41, 5.74) is 4.48. The highest BCUT2D eigenvalue weighted by atomic mass is 19.1. The van der Waals surface area contributed by atoms with Crippen molar-refractivity contribution in [2.75, 3.05) is 32.8 Å². The van der Waals surface area contributed by atoms with E-state index in [0.29, 0.717) is 22.5 Å². The van der Waals surface area contributed by atoms with Crippen molar-refractivity contribution >= 4 is 16.8 Å². The van der Waals surface area contributed by atoms with Crippen molar-refractivity contribution in [3.05, 3.63) is 70.7 Å². The van der Waals surface area contributed by atoms with Gasteiger partial charge in [0.2, 0.25) is 0 Å². The second kappa shape index (κ2) is 11.1. The van der Waals surface area contributed by atoms with Crippen molar-refractivity contribution in [2.45, 2.75) is 51.7 Å². The summed E-state index contributed by atoms with van der Waals surface area (Å²) in [6, 6.07) is 13.7. The Morgan fingerprint density at radius 3 is 2.64 bits per heavy atom. The average molecular weight is 493 g/mol. The zero-order valence-electron chi connectivity index (χ0n) is 21.3. The predicted molar refractivity (Wildman–Crippen MR) is 141 cm³/mol. The van der Waals surface area contributed by atoms with Gasteiger partial charge in [-0.25, -0.2) is 4.39 Å². The number of benzene rings is 2. The number of carbonyl (C=O) groups excluding carboxylic acids is 1. The number of hydrogen-bond acceptors (Lipinski definition) is 4. The first-order chi connectivity index (χ1) is 17.5. The lowest BCUT2D eigenvalue weighted by Crippen LogP contribution is -2.56. The number of fused-ring (bicyclic) bond motifs is 1. The van der Waals surface area contributed by atoms with E-state index < -0.39 is 0 Å². The zero-order valence-corrected chi connectivity index (χ0v) is 21.3. The summed E-state index contributed by atoms with van der Waals surface area (Å²) in [5, 5.41) is 7.39. The SMILES string of the molecule is Cc1ccc(F)c2cc(C(=O)NC(Cc3ccc(CN4CCOCC4)cc3)C3NCCCC3C)[nH]c12. The molecule has 3 unspecified atom stereocenters. The van der Waals surface area contributed by atoms with Gasteiger partial charge in [0.25, 0.3) is 5.91 Å². The van der Waals surface area contributed by atoms with Gasteiger partial charge in [-0.2, -0.15) is 0 Å². The molecule has 0 bridgehead atoms. The van der Waals surface area contributed by atoms with Crippen LogP contribution in [-0.4, -0.2) is 60.7 Å². The fourth-order valence-electron chi connectivity index (χ4n) is 5.63. The van der Waals surface area contributed by atoms with E-state index in [9.17, 15) is 9.18 Å². The number of carbonyl (C=O) groups is 1. The molecule has 192 valence electrons. The number of ether oxygens (including phenoxy) is 1. The third kappa shape index (κ3) is 5.64. The molecule has 2 aromatic carbocycles. The Kier molecular flexibility index (Phi) is 7.70. The summed E-state index contributed by atoms with van der Waals surface area (Å²) in [6.45, 7) is 9.60. The number of aromatic amines is 1. The van der Waals surface area contributed by atoms with Gasteiger partial charge in [-0.15, -0.1) is 0 Å². The number of piperidine rings is 1. The Labute approximate surface area is 212 Å². The minimum Gasteiger partial charge on any atom is -0.379 e. The van der Waals surface area contributed by atoms with Gasteiger partial charge < -0.3 is 20.4 Å². The van der Waals surface area contributed by atoms with Crippen molar-refractivity contribution in [1.82, 2.24) is 20.5 Å². The normalized spacial score (nSPS) is 22.0. The number of hydrogen-bond donors (Lipinski definition) is 3. The molecular formula is C29H37FN4O2. The number of halogens is 1. The quantitative estimate of drug-likeness (QED) is 0.463. The largest absolute Gasteiger partial charge is 0.379 e. The van der Waals surface area contributed by atoms with Gasteiger partial charge in [-0.05, 0) is 67.5 Å². The molecule has 2 aliphatic heterocycles. The van der Waals surface area contributed by atoms with Gasteiger partial charge in [-0.1, -0.05) is 37.3 Å². The second-order valence-electron chi connectivity index (χ2n) is 10.4. The van der Waals surface area contributed by atoms with Crippen LogP contribution < -0.4 is 10.6 Å². The molecule has 3 N–H and O–H groups in total. The highest BCUT2D eigenvalue weighted by molar-refractivity contribution is 5.99. The van der Waals surface area contributed by atoms with E-state index >= 15 is 0 Å². The fraction of sp³-hybridized carbons (Fsp3) is 0.483. The first kappa shape index (κ1) is 24.9. The monoisotopic (exact) mass is 492 g/mol. The van der Waals surface area contributed by atoms with Crippen molar-refractivity contribution in [3.8, 4) is 0 Å². The molecule has 2 saturated heterocycles. The number of morpholine rings is 1. The summed E-state index contributed by atoms with van der Waals surface area (Å²) in [4.78, 5) is 18.9. The molecule has 7 heteroatoms. The number of aromatic nitrogens is 1. The van der Waals surface area contributed by atoms with Gasteiger partial charge in [-0.3, -0.25) is 9.69 Å². The lowest BCUT2D eigenvalue weighted by Gasteiger charge is -2.37. The molecular weight excluding hydrogens is 455 g/mol. The maximum atomic E-state index is 14.3. The number of nitrogens with one attached hydrogen (secondary N) is 3. The van der Waals surface area contributed by atoms with E-state index in [4.69, 9.17) is 4.74 Å². The summed E-state index contributed by atoms with van der Waals surface area (Å²) < 4.78 is 19.8. The van der Waals surface area contributed by atoms with Gasteiger partial charge in [0.05, 0.1) is 18.7 Å². The number of aryl methyl sites for hydroxylation is 1. The molecule has 3 atom stereocenters. The van der Waals surface area contributed by atoms with Crippen molar-refractivity contribution in [1.29, 1.82) is 0 Å². The number of rotatable bonds is 7. The standard InChI is InChI=1S/C29H37FN4O2/c1-19-4-3-11-31-28(19)25(16-21-6-8-22(9-7-21)18-34-12-14-36-15-13-34)33-29(35)26-17-23-24(30)10-5-20(2)27(23)32-26/h5-10,17,19,25,28,31-32H,3-4,11-16,18H2,1-2H3,(H,33,35). The minimum absolute atomic E-state index is 0.0738. The van der Waals surface area contributed by atoms with E-state index in [1.807, 2.05) is 6.92 Å². The lowest BCUT2D eigenvalue weighted by molar-refractivity contribution is 0.0342. The first-order valence-electron chi connectivity index (χ1n) is 13.2. The van der Waals surface area contributed by atoms with Crippen LogP contribution in [0, 0.1) is 18.7 Å². The van der Waals surface area contributed by atoms with Gasteiger partial charge in [0.15, 0.2) is 0 Å². The minimum atomic E-state index is -0.317. The lowest BCUT2D eigenvalue weighted by atomic mass is 9.85. The van der Waals surface area contributed by atoms with Crippen LogP contribution in [0.5, 0.6) is 0 Å². The van der Waals surface area contributed by atoms with Gasteiger partial charge >= 0.3 is 0 Å². The Hall–Kier alpha value is -2.74. The van der Waals surface area contributed by atoms with Crippen LogP contribution in [0.4, 0.5) is 4.39 Å². The maximum Gasteiger partial charge on any atom is 0.268 e. The third-order valence-corrected chi connectivity index (χ3v) is 7.76. The van der Waals surface area contributed by atoms with Crippen molar-refractivity contribution in [3.63, 3.8) is 0 Å². The molecule has 36 heavy (non-hydrogen) atoms. The van der Waals surface area contributed by atoms with Crippen LogP contribution in [0.25, 0.3) is 10.9 Å². The molecule has 1 amide bonds. The van der Waals surface area contributed by atoms with Crippen LogP contribution in [0.2, 0.25) is 0 Å². The van der Waals surface area contributed by atoms with Crippen molar-refractivity contribution in [2.24, 2.45) is 5.92 Å². The molecule has 1 aromatic heterocycles. The third-order valence-electron chi connectivity index (χ3n) is 7.76. The van der Waals surface area contributed by atoms with E-state index in [-0.39, 0.29) is 23.8 Å². The smallest absolute Gasteiger partial charge is 0.268 e. The molecule has 0 aliphatic carbocycles. The molecule has 2 fully saturated rings. The summed E-state index contributed by atoms with van der Waals surface area (Å²) in [6.07, 6.45) is 3.02. The molecule has 5 rings (SSSR count). The van der Waals surface area contributed by atoms with Crippen molar-refractivity contribution < 1.29 is 13.9 Å². The number of H-pyrrole nitrogens is 1. The molecule has 3 aromatic rings. The topological polar surface area (TPSA) is 69.4 Å². The Morgan fingerprint density at radius 2 is 1.92 bits per heavy atom. The molecule has 3 heterocycles. The molecule has 0 spiro atoms. The number of nitrogens with zero attached hydrogens (tertiary/aromatic N) is 1. The van der Waals surface area contributed by atoms with E-state index in [1.165, 1.54) is 17.2 Å². The van der Waals surface area contributed by atoms with Crippen LogP contribution >= 0.6 is 0 Å². The van der Waals surface area contributed by atoms with Crippen LogP contribution in [-0.2, 0) is 17.7 Å². The number of amides is 1. The predicted octanol–water partition coefficient (Wildman–Crippen LogP) is 4.18. The van der Waals surface area contributed by atoms with E-state index in [1.54, 1.807) is 12.1 Å². The van der Waals surface area contributed by atoms with E-state index in [0.717, 1.165) is 64.2 Å². The van der Waals surface area contributed by atoms with E-state index in [2.05, 4.69) is 51.7 Å². The summed E-state index contributed by atoms with van der Waals surface area (Å²) in [7, 11) is 0. The highest BCUT2D eigenvalue weighted by Crippen LogP contribution is 2.24. The molecule has 0 saturated carbocycles. The van der Waals surface area contributed by atoms with Crippen LogP contribution in [0.15, 0.2) is 42.5 Å². The van der Waals surface area contributed by atoms with Crippen LogP contribution in [0.3, 0.4) is 0 Å². The van der Waals surface area contributed by atoms with Crippen LogP contribution in [0.1, 0.15) is 46.9 Å². The zero-order chi connectivity index (χ0) is 25.1. The second-order valence-corrected chi connectivity index (χ2v) is 10.4. The molecule has 2 aliphatic rings. The summed E-state index contributed by atoms with van der Waals surface area (Å²) >= 11 is 0. The maximum absolute atomic E-state index is 14.3. The Bertz CT molecular complexity index is 1150. The molecule has 0 radical (unpaired) electrons. The van der Waals surface area contributed by atoms with Gasteiger partial charge in [0.1, 0.15) is 11.5 Å².